The number of carbonyl (C=O) groups is 2. The Morgan fingerprint density at radius 2 is 1.50 bits per heavy atom. The molecule has 4 heteroatoms. The van der Waals surface area contributed by atoms with Gasteiger partial charge in [0.05, 0.1) is 0 Å². The molecule has 2 N–H and O–H groups in total. The van der Waals surface area contributed by atoms with Crippen LogP contribution in [-0.4, -0.2) is 17.0 Å². The molecular formula is C18H15NO3. The van der Waals surface area contributed by atoms with Gasteiger partial charge in [-0.05, 0) is 23.8 Å². The van der Waals surface area contributed by atoms with Gasteiger partial charge in [-0.3, -0.25) is 4.79 Å². The van der Waals surface area contributed by atoms with Crippen molar-refractivity contribution in [2.75, 3.05) is 0 Å². The summed E-state index contributed by atoms with van der Waals surface area (Å²) in [4.78, 5) is 23.1. The third-order valence-electron chi connectivity index (χ3n) is 2.87. The molecule has 2 rings (SSSR count). The lowest BCUT2D eigenvalue weighted by molar-refractivity contribution is -0.133. The lowest BCUT2D eigenvalue weighted by atomic mass is 10.2. The van der Waals surface area contributed by atoms with Gasteiger partial charge in [0.2, 0.25) is 0 Å². The van der Waals surface area contributed by atoms with Crippen LogP contribution >= 0.6 is 0 Å². The Balaban J connectivity index is 2.10. The van der Waals surface area contributed by atoms with Gasteiger partial charge in [0, 0.05) is 5.56 Å². The molecule has 0 heterocycles. The first-order valence-electron chi connectivity index (χ1n) is 6.70. The fourth-order valence-electron chi connectivity index (χ4n) is 1.77. The number of benzene rings is 2. The van der Waals surface area contributed by atoms with Crippen LogP contribution in [0.3, 0.4) is 0 Å². The molecule has 4 nitrogen and oxygen atoms in total. The SMILES string of the molecule is O=C(O)/C(=C\C=C\c1ccccc1)NC(=O)c1ccccc1. The topological polar surface area (TPSA) is 66.4 Å². The molecule has 1 amide bonds. The van der Waals surface area contributed by atoms with E-state index < -0.39 is 11.9 Å². The summed E-state index contributed by atoms with van der Waals surface area (Å²) in [5.41, 5.74) is 1.17. The number of nitrogens with one attached hydrogen (secondary N) is 1. The van der Waals surface area contributed by atoms with E-state index in [4.69, 9.17) is 5.11 Å². The number of hydrogen-bond donors (Lipinski definition) is 2. The van der Waals surface area contributed by atoms with Crippen LogP contribution in [-0.2, 0) is 4.79 Å². The van der Waals surface area contributed by atoms with Crippen LogP contribution in [0.25, 0.3) is 6.08 Å². The highest BCUT2D eigenvalue weighted by Crippen LogP contribution is 2.03. The molecule has 22 heavy (non-hydrogen) atoms. The van der Waals surface area contributed by atoms with Crippen molar-refractivity contribution in [1.82, 2.24) is 5.32 Å². The van der Waals surface area contributed by atoms with E-state index in [-0.39, 0.29) is 5.70 Å². The highest BCUT2D eigenvalue weighted by atomic mass is 16.4. The minimum Gasteiger partial charge on any atom is -0.477 e. The Morgan fingerprint density at radius 1 is 0.909 bits per heavy atom. The highest BCUT2D eigenvalue weighted by molar-refractivity contribution is 6.00. The third-order valence-corrected chi connectivity index (χ3v) is 2.87. The zero-order chi connectivity index (χ0) is 15.8. The van der Waals surface area contributed by atoms with Crippen LogP contribution in [0.4, 0.5) is 0 Å². The van der Waals surface area contributed by atoms with E-state index >= 15 is 0 Å². The average molecular weight is 293 g/mol. The molecule has 2 aromatic carbocycles. The molecule has 0 saturated carbocycles. The Labute approximate surface area is 128 Å². The van der Waals surface area contributed by atoms with Crippen molar-refractivity contribution in [1.29, 1.82) is 0 Å². The van der Waals surface area contributed by atoms with Crippen LogP contribution in [0.2, 0.25) is 0 Å². The standard InChI is InChI=1S/C18H15NO3/c20-17(15-11-5-2-6-12-15)19-16(18(21)22)13-7-10-14-8-3-1-4-9-14/h1-13H,(H,19,20)(H,21,22)/b10-7+,16-13+. The van der Waals surface area contributed by atoms with Crippen LogP contribution in [0, 0.1) is 0 Å². The highest BCUT2D eigenvalue weighted by Gasteiger charge is 2.11. The fraction of sp³-hybridized carbons (Fsp3) is 0. The van der Waals surface area contributed by atoms with Crippen molar-refractivity contribution in [3.05, 3.63) is 89.6 Å². The number of rotatable bonds is 5. The first-order chi connectivity index (χ1) is 10.7. The molecule has 0 atom stereocenters. The quantitative estimate of drug-likeness (QED) is 0.657. The second-order valence-corrected chi connectivity index (χ2v) is 4.48. The zero-order valence-electron chi connectivity index (χ0n) is 11.8. The summed E-state index contributed by atoms with van der Waals surface area (Å²) in [7, 11) is 0. The molecule has 0 fully saturated rings. The summed E-state index contributed by atoms with van der Waals surface area (Å²) in [6.07, 6.45) is 4.71. The van der Waals surface area contributed by atoms with Gasteiger partial charge < -0.3 is 10.4 Å². The molecule has 110 valence electrons. The number of carboxylic acid groups (broad SMARTS) is 1. The second kappa shape index (κ2) is 7.59. The van der Waals surface area contributed by atoms with Gasteiger partial charge in [-0.25, -0.2) is 4.79 Å². The smallest absolute Gasteiger partial charge is 0.352 e. The molecule has 0 bridgehead atoms. The molecule has 2 aromatic rings. The average Bonchev–Trinajstić information content (AvgIpc) is 2.55. The van der Waals surface area contributed by atoms with Crippen LogP contribution < -0.4 is 5.32 Å². The predicted molar refractivity (Wildman–Crippen MR) is 85.1 cm³/mol. The molecule has 0 unspecified atom stereocenters. The van der Waals surface area contributed by atoms with Crippen LogP contribution in [0.1, 0.15) is 15.9 Å². The summed E-state index contributed by atoms with van der Waals surface area (Å²) in [5.74, 6) is -1.65. The Hall–Kier alpha value is -3.14. The van der Waals surface area contributed by atoms with Gasteiger partial charge in [0.1, 0.15) is 5.70 Å². The largest absolute Gasteiger partial charge is 0.477 e. The van der Waals surface area contributed by atoms with Crippen molar-refractivity contribution >= 4 is 18.0 Å². The van der Waals surface area contributed by atoms with Crippen LogP contribution in [0.5, 0.6) is 0 Å². The summed E-state index contributed by atoms with van der Waals surface area (Å²) >= 11 is 0. The maximum Gasteiger partial charge on any atom is 0.352 e. The number of carbonyl (C=O) groups excluding carboxylic acids is 1. The Bertz CT molecular complexity index is 704. The van der Waals surface area contributed by atoms with Gasteiger partial charge in [0.25, 0.3) is 5.91 Å². The number of hydrogen-bond acceptors (Lipinski definition) is 2. The molecule has 0 saturated heterocycles. The molecule has 0 aliphatic heterocycles. The maximum absolute atomic E-state index is 12.0. The molecule has 0 aliphatic rings. The van der Waals surface area contributed by atoms with Gasteiger partial charge >= 0.3 is 5.97 Å². The number of allylic oxidation sites excluding steroid dienone is 2. The zero-order valence-corrected chi connectivity index (χ0v) is 11.8. The van der Waals surface area contributed by atoms with E-state index in [0.29, 0.717) is 5.56 Å². The second-order valence-electron chi connectivity index (χ2n) is 4.48. The lowest BCUT2D eigenvalue weighted by Gasteiger charge is -2.05. The predicted octanol–water partition coefficient (Wildman–Crippen LogP) is 3.10. The van der Waals surface area contributed by atoms with E-state index in [1.165, 1.54) is 6.08 Å². The molecule has 0 aromatic heterocycles. The monoisotopic (exact) mass is 293 g/mol. The summed E-state index contributed by atoms with van der Waals surface area (Å²) in [6.45, 7) is 0. The fourth-order valence-corrected chi connectivity index (χ4v) is 1.77. The molecule has 0 spiro atoms. The minimum absolute atomic E-state index is 0.180. The summed E-state index contributed by atoms with van der Waals surface area (Å²) in [5, 5.41) is 11.5. The van der Waals surface area contributed by atoms with E-state index in [0.717, 1.165) is 5.56 Å². The number of carboxylic acids is 1. The summed E-state index contributed by atoms with van der Waals surface area (Å²) < 4.78 is 0. The van der Waals surface area contributed by atoms with Gasteiger partial charge in [-0.1, -0.05) is 60.7 Å². The Kier molecular flexibility index (Phi) is 5.26. The van der Waals surface area contributed by atoms with E-state index in [1.807, 2.05) is 30.3 Å². The Morgan fingerprint density at radius 3 is 2.09 bits per heavy atom. The van der Waals surface area contributed by atoms with Gasteiger partial charge in [0.15, 0.2) is 0 Å². The van der Waals surface area contributed by atoms with E-state index in [9.17, 15) is 9.59 Å². The molecular weight excluding hydrogens is 278 g/mol. The van der Waals surface area contributed by atoms with Crippen LogP contribution in [0.15, 0.2) is 78.5 Å². The molecule has 0 radical (unpaired) electrons. The lowest BCUT2D eigenvalue weighted by Crippen LogP contribution is -2.27. The van der Waals surface area contributed by atoms with Gasteiger partial charge in [-0.15, -0.1) is 0 Å². The summed E-state index contributed by atoms with van der Waals surface area (Å²) in [6, 6.07) is 17.9. The minimum atomic E-state index is -1.19. The maximum atomic E-state index is 12.0. The van der Waals surface area contributed by atoms with Crippen molar-refractivity contribution in [2.24, 2.45) is 0 Å². The first kappa shape index (κ1) is 15.3. The normalized spacial score (nSPS) is 11.4. The third kappa shape index (κ3) is 4.45. The van der Waals surface area contributed by atoms with Crippen molar-refractivity contribution in [3.63, 3.8) is 0 Å². The van der Waals surface area contributed by atoms with E-state index in [2.05, 4.69) is 5.32 Å². The molecule has 0 aliphatic carbocycles. The van der Waals surface area contributed by atoms with Crippen molar-refractivity contribution in [3.8, 4) is 0 Å². The number of amides is 1. The van der Waals surface area contributed by atoms with Crippen molar-refractivity contribution in [2.45, 2.75) is 0 Å². The van der Waals surface area contributed by atoms with Gasteiger partial charge in [-0.2, -0.15) is 0 Å². The van der Waals surface area contributed by atoms with E-state index in [1.54, 1.807) is 42.5 Å². The number of aliphatic carboxylic acids is 1. The van der Waals surface area contributed by atoms with Crippen molar-refractivity contribution < 1.29 is 14.7 Å². The first-order valence-corrected chi connectivity index (χ1v) is 6.70.